The molecule has 3 aromatic heterocycles. The summed E-state index contributed by atoms with van der Waals surface area (Å²) < 4.78 is 25.2. The van der Waals surface area contributed by atoms with E-state index < -0.39 is 0 Å². The van der Waals surface area contributed by atoms with Crippen LogP contribution in [0.3, 0.4) is 0 Å². The summed E-state index contributed by atoms with van der Waals surface area (Å²) >= 11 is 0. The minimum absolute atomic E-state index is 0.238. The molecule has 1 unspecified atom stereocenters. The van der Waals surface area contributed by atoms with E-state index >= 15 is 0 Å². The standard InChI is InChI=1S/C23H21BN4O4/c1-13-20(15-6-7-19(30-3)26-11-15)32-21-17(29-2)9-14(10-18(21)31-13)12-28-22-16(27-23(28)24)5-4-8-25-22/h4-11,13,20H,12H2,1-3H3/t13?,20-/m1/s1. The fourth-order valence-corrected chi connectivity index (χ4v) is 3.90. The Labute approximate surface area is 186 Å². The van der Waals surface area contributed by atoms with Gasteiger partial charge in [0.1, 0.15) is 11.6 Å². The predicted molar refractivity (Wildman–Crippen MR) is 119 cm³/mol. The van der Waals surface area contributed by atoms with Crippen molar-refractivity contribution >= 4 is 24.7 Å². The number of imidazole rings is 1. The lowest BCUT2D eigenvalue weighted by Gasteiger charge is -2.33. The van der Waals surface area contributed by atoms with Crippen LogP contribution < -0.4 is 24.7 Å². The largest absolute Gasteiger partial charge is 0.493 e. The molecule has 0 saturated heterocycles. The summed E-state index contributed by atoms with van der Waals surface area (Å²) in [4.78, 5) is 13.1. The van der Waals surface area contributed by atoms with Gasteiger partial charge in [-0.25, -0.2) is 15.0 Å². The molecule has 0 amide bonds. The molecule has 0 saturated carbocycles. The Kier molecular flexibility index (Phi) is 5.09. The maximum atomic E-state index is 6.32. The highest BCUT2D eigenvalue weighted by atomic mass is 16.6. The van der Waals surface area contributed by atoms with Crippen LogP contribution in [-0.2, 0) is 6.54 Å². The van der Waals surface area contributed by atoms with Gasteiger partial charge in [-0.15, -0.1) is 0 Å². The highest BCUT2D eigenvalue weighted by molar-refractivity contribution is 6.30. The third kappa shape index (κ3) is 3.49. The van der Waals surface area contributed by atoms with Crippen molar-refractivity contribution in [2.24, 2.45) is 0 Å². The SMILES string of the molecule is [B]c1nc2cccnc2n1Cc1cc(OC)c2c(c1)OC(C)[C@H](c1ccc(OC)nc1)O2. The zero-order valence-electron chi connectivity index (χ0n) is 18.0. The maximum absolute atomic E-state index is 6.32. The topological polar surface area (TPSA) is 80.5 Å². The van der Waals surface area contributed by atoms with Gasteiger partial charge in [-0.05, 0) is 42.8 Å². The van der Waals surface area contributed by atoms with E-state index in [1.165, 1.54) is 0 Å². The van der Waals surface area contributed by atoms with E-state index in [-0.39, 0.29) is 12.2 Å². The lowest BCUT2D eigenvalue weighted by molar-refractivity contribution is 0.0277. The lowest BCUT2D eigenvalue weighted by atomic mass is 10.0. The summed E-state index contributed by atoms with van der Waals surface area (Å²) in [7, 11) is 9.33. The van der Waals surface area contributed by atoms with Crippen LogP contribution in [0.1, 0.15) is 24.2 Å². The van der Waals surface area contributed by atoms with Crippen LogP contribution in [0.4, 0.5) is 0 Å². The fraction of sp³-hybridized carbons (Fsp3) is 0.261. The molecule has 9 heteroatoms. The number of pyridine rings is 2. The summed E-state index contributed by atoms with van der Waals surface area (Å²) in [5.41, 5.74) is 3.68. The van der Waals surface area contributed by atoms with Crippen molar-refractivity contribution in [3.63, 3.8) is 0 Å². The molecule has 160 valence electrons. The van der Waals surface area contributed by atoms with Gasteiger partial charge in [-0.1, -0.05) is 0 Å². The molecule has 0 spiro atoms. The molecule has 4 aromatic rings. The zero-order valence-corrected chi connectivity index (χ0v) is 18.0. The molecule has 8 nitrogen and oxygen atoms in total. The van der Waals surface area contributed by atoms with Gasteiger partial charge in [0.05, 0.1) is 26.5 Å². The monoisotopic (exact) mass is 428 g/mol. The quantitative estimate of drug-likeness (QED) is 0.452. The van der Waals surface area contributed by atoms with E-state index in [4.69, 9.17) is 26.8 Å². The number of methoxy groups -OCH3 is 2. The minimum Gasteiger partial charge on any atom is -0.493 e. The smallest absolute Gasteiger partial charge is 0.212 e. The number of hydrogen-bond acceptors (Lipinski definition) is 7. The number of rotatable bonds is 5. The van der Waals surface area contributed by atoms with E-state index in [1.54, 1.807) is 32.7 Å². The van der Waals surface area contributed by atoms with Crippen LogP contribution in [0.2, 0.25) is 0 Å². The minimum atomic E-state index is -0.335. The van der Waals surface area contributed by atoms with Gasteiger partial charge in [0.25, 0.3) is 0 Å². The molecule has 0 aliphatic carbocycles. The summed E-state index contributed by atoms with van der Waals surface area (Å²) in [6.07, 6.45) is 2.88. The molecule has 0 N–H and O–H groups in total. The van der Waals surface area contributed by atoms with E-state index in [0.29, 0.717) is 35.4 Å². The Hall–Kier alpha value is -3.75. The maximum Gasteiger partial charge on any atom is 0.212 e. The molecular weight excluding hydrogens is 407 g/mol. The molecular formula is C23H21BN4O4. The molecule has 0 bridgehead atoms. The van der Waals surface area contributed by atoms with Crippen LogP contribution in [0.15, 0.2) is 48.8 Å². The predicted octanol–water partition coefficient (Wildman–Crippen LogP) is 2.59. The molecule has 2 radical (unpaired) electrons. The number of ether oxygens (including phenoxy) is 4. The van der Waals surface area contributed by atoms with Gasteiger partial charge < -0.3 is 23.5 Å². The Bertz CT molecular complexity index is 1280. The van der Waals surface area contributed by atoms with Gasteiger partial charge in [-0.3, -0.25) is 0 Å². The van der Waals surface area contributed by atoms with Crippen molar-refractivity contribution in [1.29, 1.82) is 0 Å². The first kappa shape index (κ1) is 20.2. The number of benzene rings is 1. The van der Waals surface area contributed by atoms with Crippen LogP contribution >= 0.6 is 0 Å². The third-order valence-electron chi connectivity index (χ3n) is 5.46. The first-order valence-corrected chi connectivity index (χ1v) is 10.2. The second kappa shape index (κ2) is 8.07. The van der Waals surface area contributed by atoms with E-state index in [9.17, 15) is 0 Å². The normalized spacial score (nSPS) is 17.3. The molecule has 1 aromatic carbocycles. The lowest BCUT2D eigenvalue weighted by Crippen LogP contribution is -2.31. The second-order valence-corrected chi connectivity index (χ2v) is 7.52. The Morgan fingerprint density at radius 2 is 1.97 bits per heavy atom. The average Bonchev–Trinajstić information content (AvgIpc) is 3.13. The molecule has 4 heterocycles. The van der Waals surface area contributed by atoms with Crippen molar-refractivity contribution in [3.05, 3.63) is 59.9 Å². The molecule has 5 rings (SSSR count). The Balaban J connectivity index is 1.48. The summed E-state index contributed by atoms with van der Waals surface area (Å²) in [5, 5.41) is 0. The molecule has 0 fully saturated rings. The number of aromatic nitrogens is 4. The summed E-state index contributed by atoms with van der Waals surface area (Å²) in [6.45, 7) is 2.43. The van der Waals surface area contributed by atoms with E-state index in [2.05, 4.69) is 15.0 Å². The van der Waals surface area contributed by atoms with Gasteiger partial charge in [0, 0.05) is 24.0 Å². The molecule has 2 atom stereocenters. The van der Waals surface area contributed by atoms with Crippen LogP contribution in [-0.4, -0.2) is 47.7 Å². The molecule has 32 heavy (non-hydrogen) atoms. The average molecular weight is 428 g/mol. The first-order valence-electron chi connectivity index (χ1n) is 10.2. The van der Waals surface area contributed by atoms with Crippen LogP contribution in [0.25, 0.3) is 11.2 Å². The van der Waals surface area contributed by atoms with Gasteiger partial charge in [0.15, 0.2) is 31.1 Å². The van der Waals surface area contributed by atoms with Gasteiger partial charge in [-0.2, -0.15) is 0 Å². The van der Waals surface area contributed by atoms with Crippen molar-refractivity contribution in [3.8, 4) is 23.1 Å². The molecule has 1 aliphatic rings. The summed E-state index contributed by atoms with van der Waals surface area (Å²) in [5.74, 6) is 2.28. The number of nitrogens with zero attached hydrogens (tertiary/aromatic N) is 4. The van der Waals surface area contributed by atoms with Crippen molar-refractivity contribution in [1.82, 2.24) is 19.5 Å². The highest BCUT2D eigenvalue weighted by Crippen LogP contribution is 2.46. The third-order valence-corrected chi connectivity index (χ3v) is 5.46. The van der Waals surface area contributed by atoms with Crippen LogP contribution in [0.5, 0.6) is 23.1 Å². The van der Waals surface area contributed by atoms with Crippen molar-refractivity contribution in [2.75, 3.05) is 14.2 Å². The van der Waals surface area contributed by atoms with Gasteiger partial charge in [0.2, 0.25) is 11.6 Å². The number of hydrogen-bond donors (Lipinski definition) is 0. The fourth-order valence-electron chi connectivity index (χ4n) is 3.90. The van der Waals surface area contributed by atoms with Crippen molar-refractivity contribution in [2.45, 2.75) is 25.7 Å². The summed E-state index contributed by atoms with van der Waals surface area (Å²) in [6, 6.07) is 11.3. The van der Waals surface area contributed by atoms with E-state index in [0.717, 1.165) is 22.3 Å². The molecule has 1 aliphatic heterocycles. The second-order valence-electron chi connectivity index (χ2n) is 7.52. The van der Waals surface area contributed by atoms with E-state index in [1.807, 2.05) is 41.8 Å². The Morgan fingerprint density at radius 1 is 1.09 bits per heavy atom. The zero-order chi connectivity index (χ0) is 22.2. The number of fused-ring (bicyclic) bond motifs is 2. The van der Waals surface area contributed by atoms with Gasteiger partial charge >= 0.3 is 0 Å². The first-order chi connectivity index (χ1) is 15.6. The van der Waals surface area contributed by atoms with Crippen molar-refractivity contribution < 1.29 is 18.9 Å². The Morgan fingerprint density at radius 3 is 2.72 bits per heavy atom. The van der Waals surface area contributed by atoms with Crippen LogP contribution in [0, 0.1) is 0 Å². The highest BCUT2D eigenvalue weighted by Gasteiger charge is 2.32.